The summed E-state index contributed by atoms with van der Waals surface area (Å²) in [4.78, 5) is 7.45. The van der Waals surface area contributed by atoms with Crippen LogP contribution in [0.2, 0.25) is 25.7 Å². The average molecular weight is 325 g/mol. The largest absolute Gasteiger partial charge is 0.361 e. The highest BCUT2D eigenvalue weighted by Crippen LogP contribution is 2.27. The Morgan fingerprint density at radius 3 is 2.78 bits per heavy atom. The number of hydrogen-bond donors (Lipinski definition) is 1. The molecule has 3 rings (SSSR count). The first-order chi connectivity index (χ1) is 11.0. The van der Waals surface area contributed by atoms with Crippen LogP contribution in [0.4, 0.5) is 0 Å². The second kappa shape index (κ2) is 6.37. The molecule has 0 atom stereocenters. The van der Waals surface area contributed by atoms with E-state index >= 15 is 0 Å². The molecule has 1 aromatic carbocycles. The lowest BCUT2D eigenvalue weighted by Gasteiger charge is -2.16. The number of hydrogen-bond acceptors (Lipinski definition) is 2. The van der Waals surface area contributed by atoms with Crippen LogP contribution in [0, 0.1) is 0 Å². The van der Waals surface area contributed by atoms with E-state index in [9.17, 15) is 0 Å². The van der Waals surface area contributed by atoms with Gasteiger partial charge in [0.25, 0.3) is 0 Å². The van der Waals surface area contributed by atoms with Crippen LogP contribution in [-0.4, -0.2) is 37.1 Å². The number of ether oxygens (including phenoxy) is 1. The van der Waals surface area contributed by atoms with Gasteiger partial charge >= 0.3 is 0 Å². The zero-order chi connectivity index (χ0) is 16.4. The number of nitrogens with one attached hydrogen (secondary N) is 1. The van der Waals surface area contributed by atoms with Gasteiger partial charge in [0.1, 0.15) is 14.6 Å². The van der Waals surface area contributed by atoms with E-state index in [0.29, 0.717) is 6.73 Å². The third kappa shape index (κ3) is 3.59. The number of aromatic nitrogens is 3. The molecule has 2 aromatic heterocycles. The topological polar surface area (TPSA) is 42.8 Å². The summed E-state index contributed by atoms with van der Waals surface area (Å²) < 4.78 is 8.13. The fraction of sp³-hybridized carbons (Fsp3) is 0.353. The van der Waals surface area contributed by atoms with Crippen molar-refractivity contribution in [3.63, 3.8) is 0 Å². The first-order valence-electron chi connectivity index (χ1n) is 8.11. The Bertz CT molecular complexity index is 790. The number of nitrogens with zero attached hydrogens (tertiary/aromatic N) is 2. The number of fused-ring (bicyclic) bond motifs is 1. The van der Waals surface area contributed by atoms with Crippen LogP contribution in [0.3, 0.4) is 0 Å². The van der Waals surface area contributed by atoms with Crippen molar-refractivity contribution in [1.29, 1.82) is 0 Å². The summed E-state index contributed by atoms with van der Waals surface area (Å²) in [7, 11) is 1.10. The monoisotopic (exact) mass is 325 g/mol. The highest BCUT2D eigenvalue weighted by Gasteiger charge is 2.14. The molecule has 0 bridgehead atoms. The summed E-state index contributed by atoms with van der Waals surface area (Å²) in [5.41, 5.74) is 4.59. The van der Waals surface area contributed by atoms with Crippen LogP contribution in [0.15, 0.2) is 36.9 Å². The molecular formula is C17H24BN3OSi. The fourth-order valence-electron chi connectivity index (χ4n) is 2.73. The van der Waals surface area contributed by atoms with Crippen LogP contribution in [0.1, 0.15) is 0 Å². The Hall–Kier alpha value is -1.79. The number of benzene rings is 1. The molecule has 0 radical (unpaired) electrons. The van der Waals surface area contributed by atoms with Crippen molar-refractivity contribution in [2.24, 2.45) is 0 Å². The lowest BCUT2D eigenvalue weighted by atomic mass is 9.90. The molecule has 1 N–H and O–H groups in total. The van der Waals surface area contributed by atoms with Gasteiger partial charge in [-0.3, -0.25) is 0 Å². The molecular weight excluding hydrogens is 301 g/mol. The van der Waals surface area contributed by atoms with E-state index in [1.165, 1.54) is 22.4 Å². The van der Waals surface area contributed by atoms with Gasteiger partial charge < -0.3 is 14.3 Å². The Labute approximate surface area is 139 Å². The Morgan fingerprint density at radius 2 is 2.09 bits per heavy atom. The van der Waals surface area contributed by atoms with Gasteiger partial charge in [-0.2, -0.15) is 0 Å². The molecule has 0 aliphatic rings. The van der Waals surface area contributed by atoms with Gasteiger partial charge in [-0.05, 0) is 17.5 Å². The molecule has 0 aliphatic heterocycles. The van der Waals surface area contributed by atoms with E-state index in [0.717, 1.165) is 17.9 Å². The minimum Gasteiger partial charge on any atom is -0.361 e. The summed E-state index contributed by atoms with van der Waals surface area (Å²) >= 11 is 0. The molecule has 0 fully saturated rings. The molecule has 0 saturated carbocycles. The number of imidazole rings is 1. The summed E-state index contributed by atoms with van der Waals surface area (Å²) in [6.45, 7) is 8.55. The molecule has 120 valence electrons. The average Bonchev–Trinajstić information content (AvgIpc) is 3.13. The molecule has 4 nitrogen and oxygen atoms in total. The van der Waals surface area contributed by atoms with E-state index in [1.807, 2.05) is 6.20 Å². The quantitative estimate of drug-likeness (QED) is 0.559. The van der Waals surface area contributed by atoms with Crippen LogP contribution < -0.4 is 5.46 Å². The molecule has 3 aromatic rings. The van der Waals surface area contributed by atoms with Crippen molar-refractivity contribution in [2.75, 3.05) is 6.61 Å². The van der Waals surface area contributed by atoms with Crippen molar-refractivity contribution in [3.05, 3.63) is 36.9 Å². The molecule has 6 heteroatoms. The van der Waals surface area contributed by atoms with Crippen molar-refractivity contribution in [1.82, 2.24) is 14.5 Å². The number of aromatic amines is 1. The summed E-state index contributed by atoms with van der Waals surface area (Å²) in [6.07, 6.45) is 5.77. The molecule has 23 heavy (non-hydrogen) atoms. The molecule has 0 aliphatic carbocycles. The van der Waals surface area contributed by atoms with Gasteiger partial charge in [-0.15, -0.1) is 0 Å². The van der Waals surface area contributed by atoms with Gasteiger partial charge in [0.15, 0.2) is 0 Å². The second-order valence-corrected chi connectivity index (χ2v) is 12.9. The summed E-state index contributed by atoms with van der Waals surface area (Å²) in [5.74, 6) is 0. The summed E-state index contributed by atoms with van der Waals surface area (Å²) in [6, 6.07) is 7.66. The van der Waals surface area contributed by atoms with Crippen molar-refractivity contribution in [3.8, 4) is 11.3 Å². The highest BCUT2D eigenvalue weighted by atomic mass is 28.3. The van der Waals surface area contributed by atoms with Crippen molar-refractivity contribution >= 4 is 32.3 Å². The fourth-order valence-corrected chi connectivity index (χ4v) is 3.49. The van der Waals surface area contributed by atoms with E-state index in [-0.39, 0.29) is 0 Å². The highest BCUT2D eigenvalue weighted by molar-refractivity contribution is 6.76. The molecule has 0 amide bonds. The van der Waals surface area contributed by atoms with E-state index in [4.69, 9.17) is 4.74 Å². The Morgan fingerprint density at radius 1 is 1.26 bits per heavy atom. The maximum absolute atomic E-state index is 5.94. The Balaban J connectivity index is 1.88. The van der Waals surface area contributed by atoms with Gasteiger partial charge in [0, 0.05) is 32.6 Å². The predicted octanol–water partition coefficient (Wildman–Crippen LogP) is 2.60. The second-order valence-electron chi connectivity index (χ2n) is 7.28. The van der Waals surface area contributed by atoms with Crippen molar-refractivity contribution in [2.45, 2.75) is 32.4 Å². The summed E-state index contributed by atoms with van der Waals surface area (Å²) in [5, 5.41) is 1.26. The third-order valence-corrected chi connectivity index (χ3v) is 5.85. The Kier molecular flexibility index (Phi) is 4.46. The van der Waals surface area contributed by atoms with E-state index in [1.54, 1.807) is 6.33 Å². The van der Waals surface area contributed by atoms with Gasteiger partial charge in [0.05, 0.1) is 17.5 Å². The first kappa shape index (κ1) is 16.1. The zero-order valence-corrected chi connectivity index (χ0v) is 15.4. The van der Waals surface area contributed by atoms with Crippen molar-refractivity contribution < 1.29 is 4.74 Å². The normalized spacial score (nSPS) is 12.1. The van der Waals surface area contributed by atoms with Crippen LogP contribution in [0.5, 0.6) is 0 Å². The number of rotatable bonds is 6. The van der Waals surface area contributed by atoms with E-state index in [2.05, 4.69) is 66.4 Å². The standard InChI is InChI=1S/C17H24BN3OSi/c1-23(2,3)9-8-22-12-21-7-6-13-15(18)5-4-14(17(13)21)16-10-19-11-20-16/h4-7,10-11H,8-9,12,18H2,1-3H3,(H,19,20). The predicted molar refractivity (Wildman–Crippen MR) is 102 cm³/mol. The maximum Gasteiger partial charge on any atom is 0.140 e. The maximum atomic E-state index is 5.94. The van der Waals surface area contributed by atoms with Crippen LogP contribution in [-0.2, 0) is 11.5 Å². The third-order valence-electron chi connectivity index (χ3n) is 4.14. The lowest BCUT2D eigenvalue weighted by molar-refractivity contribution is 0.0903. The minimum absolute atomic E-state index is 0.592. The lowest BCUT2D eigenvalue weighted by Crippen LogP contribution is -2.22. The van der Waals surface area contributed by atoms with Crippen LogP contribution in [0.25, 0.3) is 22.2 Å². The van der Waals surface area contributed by atoms with Crippen LogP contribution >= 0.6 is 0 Å². The molecule has 0 spiro atoms. The molecule has 0 saturated heterocycles. The molecule has 0 unspecified atom stereocenters. The van der Waals surface area contributed by atoms with E-state index < -0.39 is 8.07 Å². The van der Waals surface area contributed by atoms with Gasteiger partial charge in [-0.25, -0.2) is 4.98 Å². The molecule has 2 heterocycles. The first-order valence-corrected chi connectivity index (χ1v) is 11.8. The SMILES string of the molecule is Bc1ccc(-c2c[nH]cn2)c2c1ccn2COCC[Si](C)(C)C. The number of H-pyrrole nitrogens is 1. The zero-order valence-electron chi connectivity index (χ0n) is 14.4. The van der Waals surface area contributed by atoms with Gasteiger partial charge in [0.2, 0.25) is 0 Å². The van der Waals surface area contributed by atoms with Gasteiger partial charge in [-0.1, -0.05) is 37.2 Å². The minimum atomic E-state index is -1.04. The smallest absolute Gasteiger partial charge is 0.140 e.